The highest BCUT2D eigenvalue weighted by atomic mass is 15.1. The van der Waals surface area contributed by atoms with Crippen LogP contribution in [0, 0.1) is 6.92 Å². The first-order valence-electron chi connectivity index (χ1n) is 4.02. The van der Waals surface area contributed by atoms with E-state index >= 15 is 0 Å². The topological polar surface area (TPSA) is 24.7 Å². The Labute approximate surface area is 71.6 Å². The number of rotatable bonds is 0. The van der Waals surface area contributed by atoms with Gasteiger partial charge in [0, 0.05) is 6.20 Å². The van der Waals surface area contributed by atoms with Crippen molar-refractivity contribution in [3.8, 4) is 0 Å². The van der Waals surface area contributed by atoms with E-state index in [1.54, 1.807) is 6.20 Å². The Balaban J connectivity index is 2.59. The van der Waals surface area contributed by atoms with E-state index in [0.717, 1.165) is 12.1 Å². The first-order chi connectivity index (χ1) is 5.88. The monoisotopic (exact) mass is 158 g/mol. The molecule has 0 amide bonds. The Bertz CT molecular complexity index is 351. The maximum Gasteiger partial charge on any atom is 0.0921 e. The number of allylic oxidation sites excluding steroid dienone is 1. The maximum absolute atomic E-state index is 4.12. The van der Waals surface area contributed by atoms with Gasteiger partial charge in [0.05, 0.1) is 5.69 Å². The average Bonchev–Trinajstić information content (AvgIpc) is 2.30. The van der Waals surface area contributed by atoms with Crippen molar-refractivity contribution >= 4 is 5.69 Å². The van der Waals surface area contributed by atoms with Gasteiger partial charge >= 0.3 is 0 Å². The Morgan fingerprint density at radius 3 is 3.17 bits per heavy atom. The van der Waals surface area contributed by atoms with E-state index in [-0.39, 0.29) is 0 Å². The number of benzene rings is 1. The lowest BCUT2D eigenvalue weighted by molar-refractivity contribution is 1.19. The van der Waals surface area contributed by atoms with Crippen molar-refractivity contribution in [1.29, 1.82) is 0 Å². The van der Waals surface area contributed by atoms with Crippen LogP contribution >= 0.6 is 0 Å². The van der Waals surface area contributed by atoms with Crippen molar-refractivity contribution in [1.82, 2.24) is 0 Å². The molecule has 0 unspecified atom stereocenters. The van der Waals surface area contributed by atoms with Crippen LogP contribution in [0.5, 0.6) is 0 Å². The van der Waals surface area contributed by atoms with Crippen molar-refractivity contribution in [2.45, 2.75) is 13.3 Å². The molecule has 0 saturated carbocycles. The third-order valence-electron chi connectivity index (χ3n) is 1.99. The van der Waals surface area contributed by atoms with Gasteiger partial charge in [-0.1, -0.05) is 24.3 Å². The molecule has 2 rings (SSSR count). The minimum atomic E-state index is 0.935. The highest BCUT2D eigenvalue weighted by molar-refractivity contribution is 5.53. The third-order valence-corrected chi connectivity index (χ3v) is 1.99. The van der Waals surface area contributed by atoms with Crippen LogP contribution in [-0.2, 0) is 6.42 Å². The largest absolute Gasteiger partial charge is 0.159 e. The van der Waals surface area contributed by atoms with Gasteiger partial charge in [0.25, 0.3) is 0 Å². The molecule has 1 aromatic carbocycles. The highest BCUT2D eigenvalue weighted by Crippen LogP contribution is 2.26. The van der Waals surface area contributed by atoms with E-state index in [0.29, 0.717) is 0 Å². The molecule has 1 aliphatic heterocycles. The predicted octanol–water partition coefficient (Wildman–Crippen LogP) is 3.15. The summed E-state index contributed by atoms with van der Waals surface area (Å²) in [5.74, 6) is 0. The van der Waals surface area contributed by atoms with Gasteiger partial charge in [-0.3, -0.25) is 0 Å². The zero-order chi connectivity index (χ0) is 8.39. The quantitative estimate of drug-likeness (QED) is 0.554. The number of aryl methyl sites for hydroxylation is 1. The molecule has 2 heteroatoms. The van der Waals surface area contributed by atoms with Crippen molar-refractivity contribution < 1.29 is 0 Å². The Kier molecular flexibility index (Phi) is 1.74. The maximum atomic E-state index is 4.12. The molecule has 0 bridgehead atoms. The molecule has 1 aromatic rings. The van der Waals surface area contributed by atoms with Crippen LogP contribution in [-0.4, -0.2) is 0 Å². The Morgan fingerprint density at radius 1 is 1.33 bits per heavy atom. The third kappa shape index (κ3) is 1.16. The summed E-state index contributed by atoms with van der Waals surface area (Å²) in [5.41, 5.74) is 3.48. The normalized spacial score (nSPS) is 14.1. The summed E-state index contributed by atoms with van der Waals surface area (Å²) in [6.07, 6.45) is 4.71. The number of azo groups is 1. The van der Waals surface area contributed by atoms with Crippen LogP contribution in [0.15, 0.2) is 40.7 Å². The van der Waals surface area contributed by atoms with Gasteiger partial charge in [0.2, 0.25) is 0 Å². The lowest BCUT2D eigenvalue weighted by atomic mass is 10.1. The fraction of sp³-hybridized carbons (Fsp3) is 0.200. The van der Waals surface area contributed by atoms with E-state index in [2.05, 4.69) is 35.4 Å². The zero-order valence-electron chi connectivity index (χ0n) is 6.99. The highest BCUT2D eigenvalue weighted by Gasteiger charge is 2.03. The van der Waals surface area contributed by atoms with E-state index in [1.807, 2.05) is 6.08 Å². The van der Waals surface area contributed by atoms with Crippen LogP contribution in [0.2, 0.25) is 0 Å². The first-order valence-corrected chi connectivity index (χ1v) is 4.02. The van der Waals surface area contributed by atoms with Gasteiger partial charge in [-0.05, 0) is 24.5 Å². The van der Waals surface area contributed by atoms with Gasteiger partial charge in [0.1, 0.15) is 0 Å². The van der Waals surface area contributed by atoms with E-state index in [4.69, 9.17) is 0 Å². The van der Waals surface area contributed by atoms with Crippen molar-refractivity contribution in [2.24, 2.45) is 10.2 Å². The second-order valence-electron chi connectivity index (χ2n) is 2.89. The zero-order valence-corrected chi connectivity index (χ0v) is 6.99. The number of hydrogen-bond donors (Lipinski definition) is 0. The Hall–Kier alpha value is -1.44. The average molecular weight is 158 g/mol. The summed E-state index contributed by atoms with van der Waals surface area (Å²) in [5, 5.41) is 8.04. The molecule has 2 nitrogen and oxygen atoms in total. The molecular weight excluding hydrogens is 148 g/mol. The van der Waals surface area contributed by atoms with Gasteiger partial charge in [0.15, 0.2) is 0 Å². The van der Waals surface area contributed by atoms with Crippen molar-refractivity contribution in [2.75, 3.05) is 0 Å². The minimum absolute atomic E-state index is 0.935. The SMILES string of the molecule is Cc1cccc2c1N=NC=CC2. The fourth-order valence-corrected chi connectivity index (χ4v) is 1.35. The van der Waals surface area contributed by atoms with Crippen molar-refractivity contribution in [3.05, 3.63) is 41.6 Å². The smallest absolute Gasteiger partial charge is 0.0921 e. The summed E-state index contributed by atoms with van der Waals surface area (Å²) in [4.78, 5) is 0. The number of hydrogen-bond acceptors (Lipinski definition) is 2. The van der Waals surface area contributed by atoms with E-state index < -0.39 is 0 Å². The first kappa shape index (κ1) is 7.22. The van der Waals surface area contributed by atoms with Gasteiger partial charge in [-0.2, -0.15) is 10.2 Å². The molecule has 0 fully saturated rings. The minimum Gasteiger partial charge on any atom is -0.159 e. The van der Waals surface area contributed by atoms with Crippen molar-refractivity contribution in [3.63, 3.8) is 0 Å². The lowest BCUT2D eigenvalue weighted by Crippen LogP contribution is -1.83. The van der Waals surface area contributed by atoms with Crippen LogP contribution in [0.25, 0.3) is 0 Å². The summed E-state index contributed by atoms with van der Waals surface area (Å²) in [7, 11) is 0. The molecular formula is C10H10N2. The molecule has 0 atom stereocenters. The van der Waals surface area contributed by atoms with Crippen LogP contribution in [0.3, 0.4) is 0 Å². The van der Waals surface area contributed by atoms with Gasteiger partial charge in [-0.15, -0.1) is 0 Å². The molecule has 1 heterocycles. The van der Waals surface area contributed by atoms with E-state index in [9.17, 15) is 0 Å². The lowest BCUT2D eigenvalue weighted by Gasteiger charge is -2.02. The second kappa shape index (κ2) is 2.89. The van der Waals surface area contributed by atoms with Gasteiger partial charge in [-0.25, -0.2) is 0 Å². The Morgan fingerprint density at radius 2 is 2.25 bits per heavy atom. The molecule has 1 aliphatic rings. The van der Waals surface area contributed by atoms with E-state index in [1.165, 1.54) is 11.1 Å². The molecule has 12 heavy (non-hydrogen) atoms. The molecule has 0 N–H and O–H groups in total. The number of nitrogens with zero attached hydrogens (tertiary/aromatic N) is 2. The molecule has 0 aromatic heterocycles. The molecule has 60 valence electrons. The fourth-order valence-electron chi connectivity index (χ4n) is 1.35. The summed E-state index contributed by atoms with van der Waals surface area (Å²) in [6.45, 7) is 2.06. The standard InChI is InChI=1S/C10H10N2/c1-8-4-2-5-9-6-3-7-11-12-10(8)9/h2-5,7H,6H2,1H3. The molecule has 0 spiro atoms. The molecule has 0 aliphatic carbocycles. The molecule has 0 saturated heterocycles. The summed E-state index contributed by atoms with van der Waals surface area (Å²) in [6, 6.07) is 6.21. The summed E-state index contributed by atoms with van der Waals surface area (Å²) < 4.78 is 0. The predicted molar refractivity (Wildman–Crippen MR) is 48.5 cm³/mol. The van der Waals surface area contributed by atoms with Crippen LogP contribution < -0.4 is 0 Å². The van der Waals surface area contributed by atoms with Gasteiger partial charge < -0.3 is 0 Å². The number of fused-ring (bicyclic) bond motifs is 1. The summed E-state index contributed by atoms with van der Waals surface area (Å²) >= 11 is 0. The molecule has 0 radical (unpaired) electrons. The van der Waals surface area contributed by atoms with Crippen LogP contribution in [0.4, 0.5) is 5.69 Å². The van der Waals surface area contributed by atoms with Crippen LogP contribution in [0.1, 0.15) is 11.1 Å². The second-order valence-corrected chi connectivity index (χ2v) is 2.89.